The summed E-state index contributed by atoms with van der Waals surface area (Å²) in [5, 5.41) is 3.58. The Bertz CT molecular complexity index is 350. The minimum absolute atomic E-state index is 0.304. The summed E-state index contributed by atoms with van der Waals surface area (Å²) in [6, 6.07) is 9.02. The van der Waals surface area contributed by atoms with Crippen molar-refractivity contribution in [2.24, 2.45) is 17.6 Å². The van der Waals surface area contributed by atoms with Crippen molar-refractivity contribution in [3.63, 3.8) is 0 Å². The number of thioether (sulfide) groups is 1. The molecular formula is C14H22N2S. The molecule has 0 saturated heterocycles. The number of nitrogens with two attached hydrogens (primary N) is 1. The van der Waals surface area contributed by atoms with Gasteiger partial charge in [-0.05, 0) is 48.8 Å². The highest BCUT2D eigenvalue weighted by molar-refractivity contribution is 7.98. The highest BCUT2D eigenvalue weighted by atomic mass is 32.2. The van der Waals surface area contributed by atoms with E-state index in [1.807, 2.05) is 0 Å². The van der Waals surface area contributed by atoms with Crippen molar-refractivity contribution in [3.8, 4) is 0 Å². The van der Waals surface area contributed by atoms with E-state index in [0.29, 0.717) is 12.6 Å². The lowest BCUT2D eigenvalue weighted by Gasteiger charge is -2.17. The normalized spacial score (nSPS) is 24.6. The Morgan fingerprint density at radius 3 is 2.53 bits per heavy atom. The van der Waals surface area contributed by atoms with Gasteiger partial charge in [0, 0.05) is 17.5 Å². The van der Waals surface area contributed by atoms with Gasteiger partial charge in [-0.15, -0.1) is 11.8 Å². The second-order valence-electron chi connectivity index (χ2n) is 4.94. The molecule has 3 heteroatoms. The number of hydrogen-bond donors (Lipinski definition) is 2. The zero-order chi connectivity index (χ0) is 12.3. The molecule has 17 heavy (non-hydrogen) atoms. The van der Waals surface area contributed by atoms with Crippen LogP contribution < -0.4 is 11.1 Å². The number of benzene rings is 1. The van der Waals surface area contributed by atoms with E-state index in [1.54, 1.807) is 11.8 Å². The first-order valence-electron chi connectivity index (χ1n) is 6.32. The van der Waals surface area contributed by atoms with Crippen molar-refractivity contribution >= 4 is 11.8 Å². The molecular weight excluding hydrogens is 228 g/mol. The summed E-state index contributed by atoms with van der Waals surface area (Å²) in [6.45, 7) is 4.09. The van der Waals surface area contributed by atoms with Gasteiger partial charge >= 0.3 is 0 Å². The lowest BCUT2D eigenvalue weighted by molar-refractivity contribution is 0.511. The van der Waals surface area contributed by atoms with Gasteiger partial charge < -0.3 is 11.1 Å². The predicted octanol–water partition coefficient (Wildman–Crippen LogP) is 2.65. The summed E-state index contributed by atoms with van der Waals surface area (Å²) >= 11 is 1.77. The van der Waals surface area contributed by atoms with E-state index in [9.17, 15) is 0 Å². The molecule has 1 saturated carbocycles. The fourth-order valence-corrected chi connectivity index (χ4v) is 2.56. The Kier molecular flexibility index (Phi) is 4.48. The average Bonchev–Trinajstić information content (AvgIpc) is 3.07. The van der Waals surface area contributed by atoms with E-state index < -0.39 is 0 Å². The second-order valence-corrected chi connectivity index (χ2v) is 5.82. The van der Waals surface area contributed by atoms with Crippen molar-refractivity contribution < 1.29 is 0 Å². The molecule has 0 radical (unpaired) electrons. The van der Waals surface area contributed by atoms with Gasteiger partial charge in [-0.1, -0.05) is 19.1 Å². The van der Waals surface area contributed by atoms with Crippen LogP contribution in [0.15, 0.2) is 29.2 Å². The van der Waals surface area contributed by atoms with Crippen LogP contribution in [-0.2, 0) is 0 Å². The van der Waals surface area contributed by atoms with Crippen LogP contribution in [-0.4, -0.2) is 19.3 Å². The molecule has 0 aliphatic heterocycles. The van der Waals surface area contributed by atoms with Crippen LogP contribution in [0.2, 0.25) is 0 Å². The lowest BCUT2D eigenvalue weighted by atomic mass is 10.1. The second kappa shape index (κ2) is 5.89. The molecule has 3 N–H and O–H groups in total. The first kappa shape index (κ1) is 12.9. The largest absolute Gasteiger partial charge is 0.329 e. The van der Waals surface area contributed by atoms with E-state index in [2.05, 4.69) is 42.8 Å². The third kappa shape index (κ3) is 3.47. The van der Waals surface area contributed by atoms with E-state index in [0.717, 1.165) is 18.4 Å². The Hall–Kier alpha value is -0.510. The van der Waals surface area contributed by atoms with Gasteiger partial charge in [-0.2, -0.15) is 0 Å². The van der Waals surface area contributed by atoms with Gasteiger partial charge in [0.1, 0.15) is 0 Å². The van der Waals surface area contributed by atoms with Crippen molar-refractivity contribution in [2.45, 2.75) is 24.3 Å². The van der Waals surface area contributed by atoms with Crippen molar-refractivity contribution in [3.05, 3.63) is 29.8 Å². The molecule has 3 atom stereocenters. The summed E-state index contributed by atoms with van der Waals surface area (Å²) in [4.78, 5) is 1.31. The molecule has 1 aromatic carbocycles. The Balaban J connectivity index is 1.91. The van der Waals surface area contributed by atoms with E-state index >= 15 is 0 Å². The summed E-state index contributed by atoms with van der Waals surface area (Å²) in [6.07, 6.45) is 3.47. The van der Waals surface area contributed by atoms with E-state index in [4.69, 9.17) is 5.73 Å². The lowest BCUT2D eigenvalue weighted by Crippen LogP contribution is -2.30. The van der Waals surface area contributed by atoms with Gasteiger partial charge in [0.2, 0.25) is 0 Å². The molecule has 1 aliphatic carbocycles. The first-order chi connectivity index (χ1) is 8.24. The quantitative estimate of drug-likeness (QED) is 0.762. The Morgan fingerprint density at radius 2 is 2.06 bits per heavy atom. The number of rotatable bonds is 6. The topological polar surface area (TPSA) is 38.0 Å². The molecule has 0 aromatic heterocycles. The maximum atomic E-state index is 5.85. The molecule has 0 amide bonds. The van der Waals surface area contributed by atoms with Crippen LogP contribution in [0.4, 0.5) is 0 Å². The SMILES string of the molecule is CSc1ccc(C(CN)NCC2CC2C)cc1. The molecule has 1 fully saturated rings. The van der Waals surface area contributed by atoms with Gasteiger partial charge in [0.05, 0.1) is 0 Å². The number of nitrogens with one attached hydrogen (secondary N) is 1. The molecule has 0 bridgehead atoms. The Labute approximate surface area is 108 Å². The van der Waals surface area contributed by atoms with Crippen LogP contribution >= 0.6 is 11.8 Å². The molecule has 3 unspecified atom stereocenters. The van der Waals surface area contributed by atoms with Crippen LogP contribution in [0.3, 0.4) is 0 Å². The summed E-state index contributed by atoms with van der Waals surface area (Å²) in [7, 11) is 0. The van der Waals surface area contributed by atoms with Crippen molar-refractivity contribution in [1.29, 1.82) is 0 Å². The predicted molar refractivity (Wildman–Crippen MR) is 75.3 cm³/mol. The van der Waals surface area contributed by atoms with Crippen LogP contribution in [0.25, 0.3) is 0 Å². The molecule has 94 valence electrons. The first-order valence-corrected chi connectivity index (χ1v) is 7.54. The van der Waals surface area contributed by atoms with Crippen molar-refractivity contribution in [1.82, 2.24) is 5.32 Å². The molecule has 0 heterocycles. The average molecular weight is 250 g/mol. The Morgan fingerprint density at radius 1 is 1.41 bits per heavy atom. The molecule has 2 nitrogen and oxygen atoms in total. The van der Waals surface area contributed by atoms with E-state index in [1.165, 1.54) is 16.9 Å². The number of hydrogen-bond acceptors (Lipinski definition) is 3. The van der Waals surface area contributed by atoms with Crippen LogP contribution in [0.5, 0.6) is 0 Å². The van der Waals surface area contributed by atoms with Crippen LogP contribution in [0.1, 0.15) is 24.9 Å². The zero-order valence-corrected chi connectivity index (χ0v) is 11.5. The van der Waals surface area contributed by atoms with E-state index in [-0.39, 0.29) is 0 Å². The monoisotopic (exact) mass is 250 g/mol. The van der Waals surface area contributed by atoms with Gasteiger partial charge in [0.15, 0.2) is 0 Å². The van der Waals surface area contributed by atoms with Crippen LogP contribution in [0, 0.1) is 11.8 Å². The highest BCUT2D eigenvalue weighted by Crippen LogP contribution is 2.37. The molecule has 1 aromatic rings. The third-order valence-corrected chi connectivity index (χ3v) is 4.40. The maximum Gasteiger partial charge on any atom is 0.0444 e. The van der Waals surface area contributed by atoms with Gasteiger partial charge in [-0.25, -0.2) is 0 Å². The molecule has 0 spiro atoms. The summed E-state index contributed by atoms with van der Waals surface area (Å²) in [5.74, 6) is 1.77. The minimum atomic E-state index is 0.304. The highest BCUT2D eigenvalue weighted by Gasteiger charge is 2.32. The van der Waals surface area contributed by atoms with Gasteiger partial charge in [-0.3, -0.25) is 0 Å². The zero-order valence-electron chi connectivity index (χ0n) is 10.6. The smallest absolute Gasteiger partial charge is 0.0444 e. The summed E-state index contributed by atoms with van der Waals surface area (Å²) in [5.41, 5.74) is 7.15. The molecule has 2 rings (SSSR count). The fourth-order valence-electron chi connectivity index (χ4n) is 2.15. The maximum absolute atomic E-state index is 5.85. The fraction of sp³-hybridized carbons (Fsp3) is 0.571. The van der Waals surface area contributed by atoms with Gasteiger partial charge in [0.25, 0.3) is 0 Å². The van der Waals surface area contributed by atoms with Crippen molar-refractivity contribution in [2.75, 3.05) is 19.3 Å². The standard InChI is InChI=1S/C14H22N2S/c1-10-7-12(10)9-16-14(8-15)11-3-5-13(17-2)6-4-11/h3-6,10,12,14,16H,7-9,15H2,1-2H3. The summed E-state index contributed by atoms with van der Waals surface area (Å²) < 4.78 is 0. The molecule has 1 aliphatic rings. The minimum Gasteiger partial charge on any atom is -0.329 e. The third-order valence-electron chi connectivity index (χ3n) is 3.66.